The van der Waals surface area contributed by atoms with Crippen molar-refractivity contribution in [3.8, 4) is 11.5 Å². The Morgan fingerprint density at radius 1 is 0.897 bits per heavy atom. The topological polar surface area (TPSA) is 67.4 Å². The van der Waals surface area contributed by atoms with Crippen molar-refractivity contribution in [1.29, 1.82) is 0 Å². The highest BCUT2D eigenvalue weighted by Gasteiger charge is 2.08. The van der Waals surface area contributed by atoms with Crippen molar-refractivity contribution in [2.75, 3.05) is 17.2 Å². The zero-order chi connectivity index (χ0) is 20.6. The van der Waals surface area contributed by atoms with Gasteiger partial charge < -0.3 is 15.4 Å². The molecule has 0 unspecified atom stereocenters. The lowest BCUT2D eigenvalue weighted by molar-refractivity contribution is 0.102. The van der Waals surface area contributed by atoms with Crippen LogP contribution in [-0.2, 0) is 0 Å². The minimum absolute atomic E-state index is 0.177. The zero-order valence-electron chi connectivity index (χ0n) is 16.1. The smallest absolute Gasteiger partial charge is 0.255 e. The molecular formula is C24H22N2O3. The van der Waals surface area contributed by atoms with Crippen LogP contribution in [0.4, 0.5) is 11.4 Å². The molecular weight excluding hydrogens is 364 g/mol. The number of anilines is 2. The van der Waals surface area contributed by atoms with E-state index in [2.05, 4.69) is 17.2 Å². The van der Waals surface area contributed by atoms with Crippen molar-refractivity contribution in [2.24, 2.45) is 0 Å². The summed E-state index contributed by atoms with van der Waals surface area (Å²) in [6.07, 6.45) is 1.25. The van der Waals surface area contributed by atoms with Gasteiger partial charge in [-0.2, -0.15) is 0 Å². The number of hydrogen-bond donors (Lipinski definition) is 2. The van der Waals surface area contributed by atoms with Crippen molar-refractivity contribution in [3.05, 3.63) is 96.6 Å². The van der Waals surface area contributed by atoms with Crippen LogP contribution in [0.25, 0.3) is 0 Å². The van der Waals surface area contributed by atoms with Gasteiger partial charge in [-0.1, -0.05) is 24.8 Å². The van der Waals surface area contributed by atoms with E-state index in [0.717, 1.165) is 18.0 Å². The standard InChI is InChI=1S/C24H22N2O3/c1-3-23(27)17-8-10-18(11-9-17)24(28)26-19-12-14-21(15-13-19)29-22-7-5-6-20(16-22)25-4-2/h3,5-16,25H,1,4H2,2H3,(H,26,28). The van der Waals surface area contributed by atoms with E-state index in [1.54, 1.807) is 48.5 Å². The van der Waals surface area contributed by atoms with Gasteiger partial charge in [-0.3, -0.25) is 9.59 Å². The second-order valence-corrected chi connectivity index (χ2v) is 6.28. The van der Waals surface area contributed by atoms with Gasteiger partial charge >= 0.3 is 0 Å². The summed E-state index contributed by atoms with van der Waals surface area (Å²) < 4.78 is 5.86. The van der Waals surface area contributed by atoms with Crippen LogP contribution < -0.4 is 15.4 Å². The second kappa shape index (κ2) is 9.37. The molecule has 5 nitrogen and oxygen atoms in total. The molecule has 146 valence electrons. The molecule has 29 heavy (non-hydrogen) atoms. The molecule has 3 rings (SSSR count). The predicted molar refractivity (Wildman–Crippen MR) is 116 cm³/mol. The molecule has 0 atom stereocenters. The highest BCUT2D eigenvalue weighted by molar-refractivity contribution is 6.07. The SMILES string of the molecule is C=CC(=O)c1ccc(C(=O)Nc2ccc(Oc3cccc(NCC)c3)cc2)cc1. The monoisotopic (exact) mass is 386 g/mol. The molecule has 1 amide bonds. The molecule has 0 bridgehead atoms. The third-order valence-corrected chi connectivity index (χ3v) is 4.18. The van der Waals surface area contributed by atoms with Gasteiger partial charge in [0.1, 0.15) is 11.5 Å². The highest BCUT2D eigenvalue weighted by atomic mass is 16.5. The Morgan fingerprint density at radius 2 is 1.59 bits per heavy atom. The fraction of sp³-hybridized carbons (Fsp3) is 0.0833. The van der Waals surface area contributed by atoms with Crippen LogP contribution in [-0.4, -0.2) is 18.2 Å². The summed E-state index contributed by atoms with van der Waals surface area (Å²) in [5.74, 6) is 0.969. The average Bonchev–Trinajstić information content (AvgIpc) is 2.75. The lowest BCUT2D eigenvalue weighted by Gasteiger charge is -2.10. The maximum atomic E-state index is 12.4. The fourth-order valence-electron chi connectivity index (χ4n) is 2.72. The molecule has 0 heterocycles. The van der Waals surface area contributed by atoms with Crippen LogP contribution in [0.1, 0.15) is 27.6 Å². The number of hydrogen-bond acceptors (Lipinski definition) is 4. The van der Waals surface area contributed by atoms with E-state index in [1.165, 1.54) is 6.08 Å². The Bertz CT molecular complexity index is 1010. The van der Waals surface area contributed by atoms with Crippen molar-refractivity contribution in [2.45, 2.75) is 6.92 Å². The molecule has 0 fully saturated rings. The van der Waals surface area contributed by atoms with Crippen LogP contribution in [0.3, 0.4) is 0 Å². The first-order valence-electron chi connectivity index (χ1n) is 9.29. The average molecular weight is 386 g/mol. The summed E-state index contributed by atoms with van der Waals surface area (Å²) in [6.45, 7) is 6.33. The molecule has 3 aromatic rings. The summed E-state index contributed by atoms with van der Waals surface area (Å²) >= 11 is 0. The van der Waals surface area contributed by atoms with Crippen LogP contribution >= 0.6 is 0 Å². The van der Waals surface area contributed by atoms with E-state index in [4.69, 9.17) is 4.74 Å². The van der Waals surface area contributed by atoms with E-state index in [-0.39, 0.29) is 11.7 Å². The van der Waals surface area contributed by atoms with Crippen LogP contribution in [0, 0.1) is 0 Å². The minimum atomic E-state index is -0.255. The lowest BCUT2D eigenvalue weighted by Crippen LogP contribution is -2.12. The third kappa shape index (κ3) is 5.32. The van der Waals surface area contributed by atoms with Crippen molar-refractivity contribution in [3.63, 3.8) is 0 Å². The normalized spacial score (nSPS) is 10.1. The van der Waals surface area contributed by atoms with Gasteiger partial charge in [0.05, 0.1) is 0 Å². The van der Waals surface area contributed by atoms with E-state index >= 15 is 0 Å². The molecule has 0 saturated carbocycles. The Balaban J connectivity index is 1.62. The molecule has 0 aliphatic heterocycles. The van der Waals surface area contributed by atoms with Gasteiger partial charge in [-0.05, 0) is 61.5 Å². The number of ether oxygens (including phenoxy) is 1. The van der Waals surface area contributed by atoms with Crippen LogP contribution in [0.5, 0.6) is 11.5 Å². The second-order valence-electron chi connectivity index (χ2n) is 6.28. The van der Waals surface area contributed by atoms with E-state index in [0.29, 0.717) is 22.6 Å². The first-order valence-corrected chi connectivity index (χ1v) is 9.29. The Labute approximate surface area is 170 Å². The maximum absolute atomic E-state index is 12.4. The summed E-state index contributed by atoms with van der Waals surface area (Å²) in [5.41, 5.74) is 2.60. The Hall–Kier alpha value is -3.86. The summed E-state index contributed by atoms with van der Waals surface area (Å²) in [5, 5.41) is 6.07. The molecule has 0 saturated heterocycles. The number of carbonyl (C=O) groups excluding carboxylic acids is 2. The van der Waals surface area contributed by atoms with Gasteiger partial charge in [0, 0.05) is 35.1 Å². The van der Waals surface area contributed by atoms with Gasteiger partial charge in [-0.15, -0.1) is 0 Å². The van der Waals surface area contributed by atoms with Gasteiger partial charge in [0.2, 0.25) is 0 Å². The van der Waals surface area contributed by atoms with E-state index in [9.17, 15) is 9.59 Å². The summed E-state index contributed by atoms with van der Waals surface area (Å²) in [6, 6.07) is 21.3. The van der Waals surface area contributed by atoms with Crippen LogP contribution in [0.15, 0.2) is 85.5 Å². The van der Waals surface area contributed by atoms with Gasteiger partial charge in [0.25, 0.3) is 5.91 Å². The fourth-order valence-corrected chi connectivity index (χ4v) is 2.72. The van der Waals surface area contributed by atoms with Gasteiger partial charge in [-0.25, -0.2) is 0 Å². The van der Waals surface area contributed by atoms with E-state index in [1.807, 2.05) is 31.2 Å². The summed E-state index contributed by atoms with van der Waals surface area (Å²) in [4.78, 5) is 24.0. The number of amides is 1. The van der Waals surface area contributed by atoms with Gasteiger partial charge in [0.15, 0.2) is 5.78 Å². The molecule has 0 aliphatic carbocycles. The van der Waals surface area contributed by atoms with E-state index < -0.39 is 0 Å². The number of carbonyl (C=O) groups is 2. The molecule has 0 aliphatic rings. The van der Waals surface area contributed by atoms with Crippen molar-refractivity contribution < 1.29 is 14.3 Å². The first kappa shape index (κ1) is 19.9. The van der Waals surface area contributed by atoms with Crippen LogP contribution in [0.2, 0.25) is 0 Å². The quantitative estimate of drug-likeness (QED) is 0.394. The molecule has 5 heteroatoms. The maximum Gasteiger partial charge on any atom is 0.255 e. The molecule has 0 aromatic heterocycles. The molecule has 0 spiro atoms. The number of allylic oxidation sites excluding steroid dienone is 1. The largest absolute Gasteiger partial charge is 0.457 e. The molecule has 2 N–H and O–H groups in total. The first-order chi connectivity index (χ1) is 14.1. The number of benzene rings is 3. The lowest BCUT2D eigenvalue weighted by atomic mass is 10.1. The summed E-state index contributed by atoms with van der Waals surface area (Å²) in [7, 11) is 0. The predicted octanol–water partition coefficient (Wildman–Crippen LogP) is 5.53. The Morgan fingerprint density at radius 3 is 2.24 bits per heavy atom. The third-order valence-electron chi connectivity index (χ3n) is 4.18. The molecule has 0 radical (unpaired) electrons. The number of ketones is 1. The number of nitrogens with one attached hydrogen (secondary N) is 2. The zero-order valence-corrected chi connectivity index (χ0v) is 16.1. The van der Waals surface area contributed by atoms with Crippen molar-refractivity contribution in [1.82, 2.24) is 0 Å². The Kier molecular flexibility index (Phi) is 6.43. The van der Waals surface area contributed by atoms with Crippen molar-refractivity contribution >= 4 is 23.1 Å². The molecule has 3 aromatic carbocycles. The number of rotatable bonds is 8. The highest BCUT2D eigenvalue weighted by Crippen LogP contribution is 2.25. The minimum Gasteiger partial charge on any atom is -0.457 e.